The number of hydrogen-bond acceptors (Lipinski definition) is 3. The molecular weight excluding hydrogens is 371 g/mol. The van der Waals surface area contributed by atoms with E-state index >= 15 is 0 Å². The van der Waals surface area contributed by atoms with Gasteiger partial charge in [0.15, 0.2) is 0 Å². The normalized spacial score (nSPS) is 27.3. The lowest BCUT2D eigenvalue weighted by atomic mass is 9.90. The molecule has 0 bridgehead atoms. The number of amides is 1. The zero-order valence-electron chi connectivity index (χ0n) is 14.5. The maximum Gasteiger partial charge on any atom is 0.244 e. The van der Waals surface area contributed by atoms with Crippen molar-refractivity contribution in [1.82, 2.24) is 5.43 Å². The zero-order valence-corrected chi connectivity index (χ0v) is 16.0. The van der Waals surface area contributed by atoms with Crippen LogP contribution in [0.3, 0.4) is 0 Å². The maximum absolute atomic E-state index is 12.4. The molecule has 2 fully saturated rings. The van der Waals surface area contributed by atoms with Crippen LogP contribution in [-0.2, 0) is 4.79 Å². The predicted molar refractivity (Wildman–Crippen MR) is 103 cm³/mol. The van der Waals surface area contributed by atoms with Crippen molar-refractivity contribution in [3.05, 3.63) is 46.1 Å². The van der Waals surface area contributed by atoms with Gasteiger partial charge in [-0.3, -0.25) is 4.79 Å². The van der Waals surface area contributed by atoms with E-state index in [-0.39, 0.29) is 17.2 Å². The Morgan fingerprint density at radius 3 is 2.85 bits per heavy atom. The van der Waals surface area contributed by atoms with E-state index in [1.807, 2.05) is 12.1 Å². The van der Waals surface area contributed by atoms with E-state index < -0.39 is 0 Å². The van der Waals surface area contributed by atoms with Gasteiger partial charge in [0.05, 0.1) is 16.3 Å². The third-order valence-electron chi connectivity index (χ3n) is 5.81. The summed E-state index contributed by atoms with van der Waals surface area (Å²) in [6.45, 7) is 2.22. The van der Waals surface area contributed by atoms with Crippen LogP contribution in [0.1, 0.15) is 38.4 Å². The Balaban J connectivity index is 1.38. The van der Waals surface area contributed by atoms with Crippen LogP contribution in [0.4, 0.5) is 0 Å². The molecule has 1 aromatic carbocycles. The van der Waals surface area contributed by atoms with Crippen molar-refractivity contribution in [2.75, 3.05) is 0 Å². The molecule has 2 aromatic rings. The van der Waals surface area contributed by atoms with Gasteiger partial charge in [0.2, 0.25) is 5.91 Å². The first-order valence-electron chi connectivity index (χ1n) is 8.87. The summed E-state index contributed by atoms with van der Waals surface area (Å²) in [6, 6.07) is 8.95. The molecule has 26 heavy (non-hydrogen) atoms. The maximum atomic E-state index is 12.4. The smallest absolute Gasteiger partial charge is 0.244 e. The van der Waals surface area contributed by atoms with Crippen molar-refractivity contribution >= 4 is 35.3 Å². The minimum atomic E-state index is 0.0203. The summed E-state index contributed by atoms with van der Waals surface area (Å²) in [4.78, 5) is 12.4. The number of carbonyl (C=O) groups excluding carboxylic acids is 1. The van der Waals surface area contributed by atoms with Crippen molar-refractivity contribution in [3.63, 3.8) is 0 Å². The Kier molecular flexibility index (Phi) is 4.57. The zero-order chi connectivity index (χ0) is 18.3. The van der Waals surface area contributed by atoms with Gasteiger partial charge >= 0.3 is 0 Å². The summed E-state index contributed by atoms with van der Waals surface area (Å²) in [5.41, 5.74) is 3.69. The van der Waals surface area contributed by atoms with Crippen LogP contribution in [0, 0.1) is 17.3 Å². The van der Waals surface area contributed by atoms with Gasteiger partial charge in [0, 0.05) is 11.5 Å². The molecular formula is C20H20Cl2N2O2. The second kappa shape index (κ2) is 6.75. The molecule has 1 amide bonds. The lowest BCUT2D eigenvalue weighted by Crippen LogP contribution is -2.22. The van der Waals surface area contributed by atoms with E-state index in [2.05, 4.69) is 17.5 Å². The highest BCUT2D eigenvalue weighted by Gasteiger charge is 2.64. The largest absolute Gasteiger partial charge is 0.455 e. The van der Waals surface area contributed by atoms with Gasteiger partial charge in [-0.05, 0) is 54.5 Å². The molecule has 0 aliphatic heterocycles. The predicted octanol–water partition coefficient (Wildman–Crippen LogP) is 5.53. The summed E-state index contributed by atoms with van der Waals surface area (Å²) >= 11 is 12.0. The lowest BCUT2D eigenvalue weighted by molar-refractivity contribution is -0.123. The summed E-state index contributed by atoms with van der Waals surface area (Å²) in [7, 11) is 0. The van der Waals surface area contributed by atoms with Gasteiger partial charge in [-0.25, -0.2) is 5.43 Å². The van der Waals surface area contributed by atoms with Gasteiger partial charge in [-0.1, -0.05) is 43.0 Å². The summed E-state index contributed by atoms with van der Waals surface area (Å²) in [5, 5.41) is 5.04. The Labute approximate surface area is 162 Å². The first-order chi connectivity index (χ1) is 12.5. The Bertz CT molecular complexity index is 876. The van der Waals surface area contributed by atoms with Crippen molar-refractivity contribution in [2.24, 2.45) is 22.4 Å². The molecule has 1 aromatic heterocycles. The van der Waals surface area contributed by atoms with Crippen LogP contribution in [0.15, 0.2) is 39.9 Å². The molecule has 4 nitrogen and oxygen atoms in total. The second-order valence-corrected chi connectivity index (χ2v) is 8.22. The molecule has 136 valence electrons. The molecule has 0 saturated heterocycles. The van der Waals surface area contributed by atoms with Crippen molar-refractivity contribution in [3.8, 4) is 11.3 Å². The standard InChI is InChI=1S/C20H20Cl2N2O2/c1-20-9-3-2-4-14(20)18(20)19(25)24-23-11-13-6-8-17(26-13)12-5-7-15(21)16(22)10-12/h5-8,10-11,14,18H,2-4,9H2,1H3,(H,24,25)/b23-11-/t14-,18-,20+/m1/s1. The molecule has 4 rings (SSSR count). The molecule has 6 heteroatoms. The summed E-state index contributed by atoms with van der Waals surface area (Å²) in [6.07, 6.45) is 6.28. The van der Waals surface area contributed by atoms with E-state index in [4.69, 9.17) is 27.6 Å². The number of hydrogen-bond donors (Lipinski definition) is 1. The second-order valence-electron chi connectivity index (χ2n) is 7.40. The van der Waals surface area contributed by atoms with Crippen LogP contribution in [0.25, 0.3) is 11.3 Å². The molecule has 2 saturated carbocycles. The number of benzene rings is 1. The average molecular weight is 391 g/mol. The molecule has 3 atom stereocenters. The SMILES string of the molecule is C[C@]12CCCC[C@@H]1[C@@H]2C(=O)N/N=C\c1ccc(-c2ccc(Cl)c(Cl)c2)o1. The molecule has 2 aliphatic rings. The van der Waals surface area contributed by atoms with Crippen LogP contribution in [-0.4, -0.2) is 12.1 Å². The molecule has 0 unspecified atom stereocenters. The van der Waals surface area contributed by atoms with Crippen molar-refractivity contribution < 1.29 is 9.21 Å². The number of furan rings is 1. The number of nitrogens with zero attached hydrogens (tertiary/aromatic N) is 1. The van der Waals surface area contributed by atoms with Gasteiger partial charge in [-0.15, -0.1) is 0 Å². The average Bonchev–Trinajstić information content (AvgIpc) is 2.98. The quantitative estimate of drug-likeness (QED) is 0.550. The highest BCUT2D eigenvalue weighted by atomic mass is 35.5. The third kappa shape index (κ3) is 3.17. The van der Waals surface area contributed by atoms with Crippen molar-refractivity contribution in [1.29, 1.82) is 0 Å². The minimum Gasteiger partial charge on any atom is -0.455 e. The van der Waals surface area contributed by atoms with E-state index in [1.165, 1.54) is 19.1 Å². The van der Waals surface area contributed by atoms with E-state index in [1.54, 1.807) is 18.2 Å². The lowest BCUT2D eigenvalue weighted by Gasteiger charge is -2.15. The minimum absolute atomic E-state index is 0.0203. The van der Waals surface area contributed by atoms with Gasteiger partial charge in [-0.2, -0.15) is 5.10 Å². The number of carbonyl (C=O) groups is 1. The fourth-order valence-corrected chi connectivity index (χ4v) is 4.60. The fourth-order valence-electron chi connectivity index (χ4n) is 4.31. The third-order valence-corrected chi connectivity index (χ3v) is 6.55. The number of fused-ring (bicyclic) bond motifs is 1. The topological polar surface area (TPSA) is 54.6 Å². The Hall–Kier alpha value is -1.78. The van der Waals surface area contributed by atoms with Crippen LogP contribution >= 0.6 is 23.2 Å². The van der Waals surface area contributed by atoms with Gasteiger partial charge in [0.25, 0.3) is 0 Å². The highest BCUT2D eigenvalue weighted by molar-refractivity contribution is 6.42. The number of nitrogens with one attached hydrogen (secondary N) is 1. The Morgan fingerprint density at radius 1 is 1.27 bits per heavy atom. The van der Waals surface area contributed by atoms with E-state index in [0.717, 1.165) is 18.4 Å². The first kappa shape index (κ1) is 17.6. The number of rotatable bonds is 4. The van der Waals surface area contributed by atoms with Gasteiger partial charge < -0.3 is 4.42 Å². The van der Waals surface area contributed by atoms with Crippen LogP contribution < -0.4 is 5.43 Å². The first-order valence-corrected chi connectivity index (χ1v) is 9.63. The molecule has 0 spiro atoms. The highest BCUT2D eigenvalue weighted by Crippen LogP contribution is 2.66. The molecule has 0 radical (unpaired) electrons. The van der Waals surface area contributed by atoms with Gasteiger partial charge in [0.1, 0.15) is 11.5 Å². The number of hydrazone groups is 1. The summed E-state index contributed by atoms with van der Waals surface area (Å²) in [5.74, 6) is 1.87. The van der Waals surface area contributed by atoms with Crippen LogP contribution in [0.2, 0.25) is 10.0 Å². The van der Waals surface area contributed by atoms with E-state index in [9.17, 15) is 4.79 Å². The summed E-state index contributed by atoms with van der Waals surface area (Å²) < 4.78 is 5.73. The molecule has 1 heterocycles. The van der Waals surface area contributed by atoms with Crippen LogP contribution in [0.5, 0.6) is 0 Å². The van der Waals surface area contributed by atoms with Crippen molar-refractivity contribution in [2.45, 2.75) is 32.6 Å². The molecule has 2 aliphatic carbocycles. The number of halogens is 2. The fraction of sp³-hybridized carbons (Fsp3) is 0.400. The Morgan fingerprint density at radius 2 is 2.12 bits per heavy atom. The molecule has 1 N–H and O–H groups in total. The monoisotopic (exact) mass is 390 g/mol. The van der Waals surface area contributed by atoms with E-state index in [0.29, 0.717) is 27.5 Å².